The van der Waals surface area contributed by atoms with Crippen molar-refractivity contribution in [2.24, 2.45) is 0 Å². The van der Waals surface area contributed by atoms with E-state index in [1.807, 2.05) is 103 Å². The van der Waals surface area contributed by atoms with Crippen LogP contribution < -0.4 is 14.2 Å². The number of carbonyl (C=O) groups excluding carboxylic acids is 1. The highest BCUT2D eigenvalue weighted by molar-refractivity contribution is 5.69. The highest BCUT2D eigenvalue weighted by Gasteiger charge is 2.04. The average molecular weight is 469 g/mol. The zero-order chi connectivity index (χ0) is 24.3. The van der Waals surface area contributed by atoms with E-state index in [0.717, 1.165) is 39.7 Å². The fourth-order valence-electron chi connectivity index (χ4n) is 3.40. The number of esters is 1. The number of ether oxygens (including phenoxy) is 4. The third-order valence-corrected chi connectivity index (χ3v) is 5.41. The highest BCUT2D eigenvalue weighted by Crippen LogP contribution is 2.25. The van der Waals surface area contributed by atoms with Crippen LogP contribution in [0.1, 0.15) is 23.1 Å². The maximum Gasteiger partial charge on any atom is 0.305 e. The summed E-state index contributed by atoms with van der Waals surface area (Å²) in [6, 6.07) is 33.2. The molecule has 0 spiro atoms. The van der Waals surface area contributed by atoms with Crippen LogP contribution in [0, 0.1) is 0 Å². The molecule has 0 aromatic heterocycles. The lowest BCUT2D eigenvalue weighted by molar-refractivity contribution is -0.140. The van der Waals surface area contributed by atoms with Gasteiger partial charge in [-0.05, 0) is 71.6 Å². The molecule has 5 nitrogen and oxygen atoms in total. The monoisotopic (exact) mass is 468 g/mol. The van der Waals surface area contributed by atoms with Gasteiger partial charge in [0.2, 0.25) is 0 Å². The van der Waals surface area contributed by atoms with Gasteiger partial charge in [0.15, 0.2) is 0 Å². The summed E-state index contributed by atoms with van der Waals surface area (Å²) < 4.78 is 22.3. The average Bonchev–Trinajstić information content (AvgIpc) is 2.92. The Morgan fingerprint density at radius 1 is 0.571 bits per heavy atom. The van der Waals surface area contributed by atoms with Crippen LogP contribution in [-0.2, 0) is 29.2 Å². The Kier molecular flexibility index (Phi) is 8.38. The maximum atomic E-state index is 11.3. The van der Waals surface area contributed by atoms with Gasteiger partial charge >= 0.3 is 5.97 Å². The van der Waals surface area contributed by atoms with E-state index in [1.165, 1.54) is 7.11 Å². The van der Waals surface area contributed by atoms with Crippen LogP contribution in [0.25, 0.3) is 0 Å². The summed E-state index contributed by atoms with van der Waals surface area (Å²) >= 11 is 0. The molecule has 4 aromatic rings. The molecule has 0 aliphatic heterocycles. The summed E-state index contributed by atoms with van der Waals surface area (Å²) in [5.74, 6) is 2.87. The smallest absolute Gasteiger partial charge is 0.305 e. The molecule has 0 bridgehead atoms. The van der Waals surface area contributed by atoms with Crippen LogP contribution in [0.15, 0.2) is 103 Å². The lowest BCUT2D eigenvalue weighted by atomic mass is 10.1. The topological polar surface area (TPSA) is 54.0 Å². The minimum absolute atomic E-state index is 0.206. The molecule has 0 radical (unpaired) electrons. The van der Waals surface area contributed by atoms with Crippen molar-refractivity contribution in [1.82, 2.24) is 0 Å². The van der Waals surface area contributed by atoms with E-state index in [0.29, 0.717) is 26.1 Å². The van der Waals surface area contributed by atoms with Gasteiger partial charge in [0.1, 0.15) is 36.2 Å². The molecule has 35 heavy (non-hydrogen) atoms. The zero-order valence-corrected chi connectivity index (χ0v) is 19.7. The summed E-state index contributed by atoms with van der Waals surface area (Å²) in [6.45, 7) is 0.985. The Hall–Kier alpha value is -4.25. The maximum absolute atomic E-state index is 11.3. The van der Waals surface area contributed by atoms with Crippen molar-refractivity contribution in [3.05, 3.63) is 120 Å². The van der Waals surface area contributed by atoms with Crippen molar-refractivity contribution < 1.29 is 23.7 Å². The Balaban J connectivity index is 1.22. The van der Waals surface area contributed by atoms with Crippen LogP contribution in [0.5, 0.6) is 23.0 Å². The van der Waals surface area contributed by atoms with Crippen LogP contribution >= 0.6 is 0 Å². The Morgan fingerprint density at radius 2 is 1.03 bits per heavy atom. The number of carbonyl (C=O) groups is 1. The van der Waals surface area contributed by atoms with Crippen LogP contribution in [0.2, 0.25) is 0 Å². The molecule has 0 aliphatic rings. The van der Waals surface area contributed by atoms with E-state index in [4.69, 9.17) is 14.2 Å². The van der Waals surface area contributed by atoms with E-state index < -0.39 is 0 Å². The van der Waals surface area contributed by atoms with Gasteiger partial charge in [0.05, 0.1) is 7.11 Å². The van der Waals surface area contributed by atoms with Crippen molar-refractivity contribution in [2.45, 2.75) is 26.1 Å². The Labute approximate surface area is 205 Å². The fraction of sp³-hybridized carbons (Fsp3) is 0.167. The first kappa shape index (κ1) is 23.9. The third kappa shape index (κ3) is 7.64. The Morgan fingerprint density at radius 3 is 1.60 bits per heavy atom. The summed E-state index contributed by atoms with van der Waals surface area (Å²) in [5.41, 5.74) is 3.24. The Bertz CT molecular complexity index is 1180. The molecule has 4 aromatic carbocycles. The van der Waals surface area contributed by atoms with Crippen LogP contribution in [0.3, 0.4) is 0 Å². The number of benzene rings is 4. The minimum atomic E-state index is -0.206. The van der Waals surface area contributed by atoms with Gasteiger partial charge < -0.3 is 18.9 Å². The largest absolute Gasteiger partial charge is 0.489 e. The normalized spacial score (nSPS) is 10.4. The zero-order valence-electron chi connectivity index (χ0n) is 19.7. The molecular weight excluding hydrogens is 440 g/mol. The molecule has 0 atom stereocenters. The van der Waals surface area contributed by atoms with Crippen LogP contribution in [-0.4, -0.2) is 13.1 Å². The lowest BCUT2D eigenvalue weighted by Gasteiger charge is -2.10. The lowest BCUT2D eigenvalue weighted by Crippen LogP contribution is -2.01. The first-order valence-electron chi connectivity index (χ1n) is 11.5. The molecule has 0 saturated carbocycles. The summed E-state index contributed by atoms with van der Waals surface area (Å²) in [7, 11) is 1.40. The van der Waals surface area contributed by atoms with Crippen molar-refractivity contribution in [3.8, 4) is 23.0 Å². The van der Waals surface area contributed by atoms with Gasteiger partial charge in [0, 0.05) is 6.42 Å². The molecule has 0 aliphatic carbocycles. The molecule has 0 N–H and O–H groups in total. The van der Waals surface area contributed by atoms with E-state index in [1.54, 1.807) is 0 Å². The molecule has 4 rings (SSSR count). The summed E-state index contributed by atoms with van der Waals surface area (Å²) in [5, 5.41) is 0. The highest BCUT2D eigenvalue weighted by atomic mass is 16.5. The van der Waals surface area contributed by atoms with Gasteiger partial charge in [-0.1, -0.05) is 54.6 Å². The number of methoxy groups -OCH3 is 1. The second kappa shape index (κ2) is 12.3. The first-order valence-corrected chi connectivity index (χ1v) is 11.5. The first-order chi connectivity index (χ1) is 17.2. The molecule has 0 amide bonds. The quantitative estimate of drug-likeness (QED) is 0.228. The third-order valence-electron chi connectivity index (χ3n) is 5.41. The molecule has 0 unspecified atom stereocenters. The molecule has 0 fully saturated rings. The van der Waals surface area contributed by atoms with Crippen LogP contribution in [0.4, 0.5) is 0 Å². The molecule has 0 heterocycles. The van der Waals surface area contributed by atoms with Gasteiger partial charge in [-0.25, -0.2) is 0 Å². The second-order valence-electron chi connectivity index (χ2n) is 8.00. The number of aryl methyl sites for hydroxylation is 1. The minimum Gasteiger partial charge on any atom is -0.489 e. The van der Waals surface area contributed by atoms with Gasteiger partial charge in [-0.3, -0.25) is 4.79 Å². The van der Waals surface area contributed by atoms with Crippen molar-refractivity contribution >= 4 is 5.97 Å². The van der Waals surface area contributed by atoms with Crippen molar-refractivity contribution in [3.63, 3.8) is 0 Å². The molecule has 5 heteroatoms. The predicted molar refractivity (Wildman–Crippen MR) is 135 cm³/mol. The number of rotatable bonds is 11. The molecule has 0 saturated heterocycles. The summed E-state index contributed by atoms with van der Waals surface area (Å²) in [4.78, 5) is 11.3. The second-order valence-corrected chi connectivity index (χ2v) is 8.00. The number of hydrogen-bond acceptors (Lipinski definition) is 5. The van der Waals surface area contributed by atoms with Gasteiger partial charge in [-0.15, -0.1) is 0 Å². The SMILES string of the molecule is COC(=O)CCc1ccc(OCc2ccc(Oc3ccc(OCc4ccccc4)cc3)cc2)cc1. The van der Waals surface area contributed by atoms with Gasteiger partial charge in [0.25, 0.3) is 0 Å². The molecule has 178 valence electrons. The predicted octanol–water partition coefficient (Wildman–Crippen LogP) is 6.74. The molecular formula is C30H28O5. The fourth-order valence-corrected chi connectivity index (χ4v) is 3.40. The van der Waals surface area contributed by atoms with Crippen molar-refractivity contribution in [1.29, 1.82) is 0 Å². The number of hydrogen-bond donors (Lipinski definition) is 0. The van der Waals surface area contributed by atoms with E-state index in [-0.39, 0.29) is 5.97 Å². The van der Waals surface area contributed by atoms with Gasteiger partial charge in [-0.2, -0.15) is 0 Å². The van der Waals surface area contributed by atoms with Crippen molar-refractivity contribution in [2.75, 3.05) is 7.11 Å². The van der Waals surface area contributed by atoms with E-state index in [2.05, 4.69) is 4.74 Å². The van der Waals surface area contributed by atoms with E-state index >= 15 is 0 Å². The standard InChI is InChI=1S/C30H28O5/c1-32-30(31)20-11-23-7-12-26(13-8-23)34-22-25-9-14-28(15-10-25)35-29-18-16-27(17-19-29)33-21-24-5-3-2-4-6-24/h2-10,12-19H,11,20-22H2,1H3. The van der Waals surface area contributed by atoms with E-state index in [9.17, 15) is 4.79 Å². The summed E-state index contributed by atoms with van der Waals surface area (Å²) in [6.07, 6.45) is 1.02.